The summed E-state index contributed by atoms with van der Waals surface area (Å²) in [4.78, 5) is 4.42. The topological polar surface area (TPSA) is 145 Å². The predicted octanol–water partition coefficient (Wildman–Crippen LogP) is 3.77. The van der Waals surface area contributed by atoms with Gasteiger partial charge in [-0.3, -0.25) is 4.99 Å². The second-order valence-corrected chi connectivity index (χ2v) is 11.1. The minimum absolute atomic E-state index is 0.112. The van der Waals surface area contributed by atoms with Crippen LogP contribution in [0, 0.1) is 0 Å². The number of aliphatic hydroxyl groups is 1. The van der Waals surface area contributed by atoms with Gasteiger partial charge in [-0.15, -0.1) is 4.40 Å². The molecule has 5 N–H and O–H groups in total. The molecule has 0 amide bonds. The highest BCUT2D eigenvalue weighted by molar-refractivity contribution is 7.89. The number of phenols is 1. The van der Waals surface area contributed by atoms with Gasteiger partial charge in [0, 0.05) is 24.8 Å². The molecule has 0 fully saturated rings. The third-order valence-corrected chi connectivity index (χ3v) is 7.06. The van der Waals surface area contributed by atoms with Gasteiger partial charge in [-0.2, -0.15) is 8.42 Å². The number of hydrogen-bond donors (Lipinski definition) is 5. The summed E-state index contributed by atoms with van der Waals surface area (Å²) >= 11 is 0. The van der Waals surface area contributed by atoms with Crippen LogP contribution in [0.1, 0.15) is 57.9 Å². The summed E-state index contributed by atoms with van der Waals surface area (Å²) in [5.74, 6) is 1.20. The maximum Gasteiger partial charge on any atom is 0.345 e. The van der Waals surface area contributed by atoms with Crippen LogP contribution in [0.25, 0.3) is 0 Å². The highest BCUT2D eigenvalue weighted by Crippen LogP contribution is 2.16. The Morgan fingerprint density at radius 1 is 1.03 bits per heavy atom. The summed E-state index contributed by atoms with van der Waals surface area (Å²) in [6.07, 6.45) is 6.88. The van der Waals surface area contributed by atoms with Crippen LogP contribution in [-0.4, -0.2) is 62.1 Å². The molecule has 0 bridgehead atoms. The molecule has 1 aliphatic rings. The molecule has 2 atom stereocenters. The Morgan fingerprint density at radius 2 is 1.72 bits per heavy atom. The van der Waals surface area contributed by atoms with E-state index in [1.165, 1.54) is 37.8 Å². The van der Waals surface area contributed by atoms with Crippen LogP contribution in [-0.2, 0) is 16.6 Å². The Labute approximate surface area is 231 Å². The zero-order valence-corrected chi connectivity index (χ0v) is 23.6. The van der Waals surface area contributed by atoms with Crippen LogP contribution in [0.5, 0.6) is 11.5 Å². The van der Waals surface area contributed by atoms with Gasteiger partial charge in [0.2, 0.25) is 0 Å². The van der Waals surface area contributed by atoms with Crippen molar-refractivity contribution in [2.75, 3.05) is 25.0 Å². The number of aliphatic imine (C=N–C) groups is 1. The van der Waals surface area contributed by atoms with Crippen LogP contribution >= 0.6 is 0 Å². The number of aromatic hydroxyl groups is 1. The van der Waals surface area contributed by atoms with E-state index in [1.807, 2.05) is 31.2 Å². The van der Waals surface area contributed by atoms with Gasteiger partial charge >= 0.3 is 10.2 Å². The Hall–Kier alpha value is -3.15. The van der Waals surface area contributed by atoms with Gasteiger partial charge in [0.15, 0.2) is 11.7 Å². The average Bonchev–Trinajstić information content (AvgIpc) is 3.20. The van der Waals surface area contributed by atoms with E-state index in [0.29, 0.717) is 24.5 Å². The van der Waals surface area contributed by atoms with Crippen molar-refractivity contribution in [2.24, 2.45) is 9.39 Å². The highest BCUT2D eigenvalue weighted by atomic mass is 32.2. The van der Waals surface area contributed by atoms with Gasteiger partial charge in [-0.1, -0.05) is 51.2 Å². The zero-order chi connectivity index (χ0) is 28.1. The summed E-state index contributed by atoms with van der Waals surface area (Å²) in [5.41, 5.74) is 1.80. The number of unbranched alkanes of at least 4 members (excludes halogenated alkanes) is 5. The third kappa shape index (κ3) is 11.2. The number of phenolic OH excluding ortho intramolecular Hbond substituents is 1. The number of aliphatic hydroxyl groups excluding tert-OH is 1. The number of nitrogens with one attached hydrogen (secondary N) is 3. The first-order valence-electron chi connectivity index (χ1n) is 13.6. The van der Waals surface area contributed by atoms with E-state index < -0.39 is 16.3 Å². The van der Waals surface area contributed by atoms with Gasteiger partial charge in [-0.05, 0) is 61.7 Å². The molecule has 1 heterocycles. The zero-order valence-electron chi connectivity index (χ0n) is 22.8. The summed E-state index contributed by atoms with van der Waals surface area (Å²) in [5, 5.41) is 25.9. The molecule has 0 spiro atoms. The van der Waals surface area contributed by atoms with Crippen molar-refractivity contribution in [1.29, 1.82) is 0 Å². The van der Waals surface area contributed by atoms with E-state index in [-0.39, 0.29) is 30.1 Å². The number of anilines is 1. The number of benzene rings is 2. The first-order chi connectivity index (χ1) is 18.7. The summed E-state index contributed by atoms with van der Waals surface area (Å²) in [6.45, 7) is 5.29. The molecule has 0 aromatic heterocycles. The van der Waals surface area contributed by atoms with Crippen molar-refractivity contribution < 1.29 is 23.4 Å². The van der Waals surface area contributed by atoms with Crippen molar-refractivity contribution in [2.45, 2.75) is 70.9 Å². The SMILES string of the molecule is CCCCCCCCN=C1NS(=O)(=O)N=C1Nc1ccc(CC(C)NC[C@H](O)COc2ccc(O)cc2)cc1. The predicted molar refractivity (Wildman–Crippen MR) is 156 cm³/mol. The van der Waals surface area contributed by atoms with Crippen molar-refractivity contribution in [3.63, 3.8) is 0 Å². The number of nitrogens with zero attached hydrogens (tertiary/aromatic N) is 2. The minimum atomic E-state index is -3.78. The second-order valence-electron chi connectivity index (χ2n) is 9.81. The van der Waals surface area contributed by atoms with Gasteiger partial charge in [0.1, 0.15) is 24.2 Å². The molecule has 0 radical (unpaired) electrons. The van der Waals surface area contributed by atoms with E-state index >= 15 is 0 Å². The highest BCUT2D eigenvalue weighted by Gasteiger charge is 2.26. The minimum Gasteiger partial charge on any atom is -0.508 e. The molecule has 2 aromatic carbocycles. The molecule has 2 aromatic rings. The Bertz CT molecular complexity index is 1180. The van der Waals surface area contributed by atoms with Gasteiger partial charge < -0.3 is 25.6 Å². The molecule has 11 heteroatoms. The normalized spacial score (nSPS) is 16.9. The van der Waals surface area contributed by atoms with Crippen LogP contribution in [0.3, 0.4) is 0 Å². The van der Waals surface area contributed by atoms with Crippen LogP contribution in [0.15, 0.2) is 57.9 Å². The number of amidine groups is 2. The largest absolute Gasteiger partial charge is 0.508 e. The van der Waals surface area contributed by atoms with Crippen molar-refractivity contribution in [3.05, 3.63) is 54.1 Å². The maximum atomic E-state index is 12.0. The molecular formula is C28H41N5O5S. The van der Waals surface area contributed by atoms with E-state index in [9.17, 15) is 18.6 Å². The van der Waals surface area contributed by atoms with Crippen LogP contribution < -0.4 is 20.1 Å². The second kappa shape index (κ2) is 15.4. The molecule has 214 valence electrons. The lowest BCUT2D eigenvalue weighted by atomic mass is 10.1. The van der Waals surface area contributed by atoms with E-state index in [0.717, 1.165) is 24.8 Å². The average molecular weight is 560 g/mol. The lowest BCUT2D eigenvalue weighted by molar-refractivity contribution is 0.104. The lowest BCUT2D eigenvalue weighted by Crippen LogP contribution is -2.37. The Kier molecular flexibility index (Phi) is 12.0. The maximum absolute atomic E-state index is 12.0. The molecule has 39 heavy (non-hydrogen) atoms. The number of ether oxygens (including phenoxy) is 1. The fourth-order valence-corrected chi connectivity index (χ4v) is 4.87. The van der Waals surface area contributed by atoms with Crippen LogP contribution in [0.4, 0.5) is 5.69 Å². The van der Waals surface area contributed by atoms with Crippen LogP contribution in [0.2, 0.25) is 0 Å². The molecule has 3 rings (SSSR count). The summed E-state index contributed by atoms with van der Waals surface area (Å²) in [6, 6.07) is 14.2. The molecule has 1 unspecified atom stereocenters. The van der Waals surface area contributed by atoms with E-state index in [1.54, 1.807) is 12.1 Å². The molecule has 0 saturated carbocycles. The molecule has 1 aliphatic heterocycles. The Balaban J connectivity index is 1.42. The fourth-order valence-electron chi connectivity index (χ4n) is 4.05. The summed E-state index contributed by atoms with van der Waals surface area (Å²) < 4.78 is 35.7. The number of hydrogen-bond acceptors (Lipinski definition) is 8. The molecule has 10 nitrogen and oxygen atoms in total. The fraction of sp³-hybridized carbons (Fsp3) is 0.500. The van der Waals surface area contributed by atoms with Gasteiger partial charge in [0.05, 0.1) is 0 Å². The quantitative estimate of drug-likeness (QED) is 0.197. The molecular weight excluding hydrogens is 518 g/mol. The Morgan fingerprint density at radius 3 is 2.44 bits per heavy atom. The first-order valence-corrected chi connectivity index (χ1v) is 15.0. The number of rotatable bonds is 16. The summed E-state index contributed by atoms with van der Waals surface area (Å²) in [7, 11) is -3.78. The van der Waals surface area contributed by atoms with Crippen molar-refractivity contribution in [3.8, 4) is 11.5 Å². The van der Waals surface area contributed by atoms with E-state index in [2.05, 4.69) is 31.7 Å². The molecule has 0 saturated heterocycles. The third-order valence-electron chi connectivity index (χ3n) is 6.18. The molecule has 0 aliphatic carbocycles. The van der Waals surface area contributed by atoms with E-state index in [4.69, 9.17) is 4.74 Å². The smallest absolute Gasteiger partial charge is 0.345 e. The van der Waals surface area contributed by atoms with Crippen molar-refractivity contribution >= 4 is 27.6 Å². The standard InChI is InChI=1S/C28H41N5O5S/c1-3-4-5-6-7-8-17-29-27-28(33-39(36,37)32-27)31-23-11-9-22(10-12-23)18-21(2)30-19-25(35)20-38-26-15-13-24(34)14-16-26/h9-16,21,25,30,34-35H,3-8,17-20H2,1-2H3,(H,29,32)(H,31,33)/t21?,25-/m0/s1. The monoisotopic (exact) mass is 559 g/mol. The van der Waals surface area contributed by atoms with Gasteiger partial charge in [-0.25, -0.2) is 4.72 Å². The van der Waals surface area contributed by atoms with Gasteiger partial charge in [0.25, 0.3) is 0 Å². The lowest BCUT2D eigenvalue weighted by Gasteiger charge is -2.18. The van der Waals surface area contributed by atoms with Crippen molar-refractivity contribution in [1.82, 2.24) is 10.0 Å². The first kappa shape index (κ1) is 30.4.